The number of hydrogen-bond acceptors (Lipinski definition) is 1. The molecule has 0 aliphatic heterocycles. The minimum Gasteiger partial charge on any atom is -0.311 e. The summed E-state index contributed by atoms with van der Waals surface area (Å²) < 4.78 is 2.37. The molecule has 0 saturated carbocycles. The maximum Gasteiger partial charge on any atom is 0.0541 e. The fraction of sp³-hybridized carbons (Fsp3) is 0. The summed E-state index contributed by atoms with van der Waals surface area (Å²) in [7, 11) is 0. The van der Waals surface area contributed by atoms with Crippen LogP contribution in [-0.2, 0) is 0 Å². The molecule has 1 heterocycles. The number of benzene rings is 10. The largest absolute Gasteiger partial charge is 0.311 e. The first-order chi connectivity index (χ1) is 30.7. The van der Waals surface area contributed by atoms with Gasteiger partial charge in [0.2, 0.25) is 0 Å². The van der Waals surface area contributed by atoms with Gasteiger partial charge in [-0.25, -0.2) is 0 Å². The molecular weight excluding hydrogens is 749 g/mol. The van der Waals surface area contributed by atoms with E-state index in [0.717, 1.165) is 22.7 Å². The number of fused-ring (bicyclic) bond motifs is 3. The van der Waals surface area contributed by atoms with Crippen molar-refractivity contribution in [3.8, 4) is 61.3 Å². The average Bonchev–Trinajstić information content (AvgIpc) is 3.70. The van der Waals surface area contributed by atoms with Gasteiger partial charge in [0.15, 0.2) is 0 Å². The first kappa shape index (κ1) is 36.8. The van der Waals surface area contributed by atoms with Crippen LogP contribution >= 0.6 is 0 Å². The van der Waals surface area contributed by atoms with Crippen LogP contribution in [0.1, 0.15) is 0 Å². The van der Waals surface area contributed by atoms with Crippen molar-refractivity contribution in [3.63, 3.8) is 0 Å². The second-order valence-electron chi connectivity index (χ2n) is 15.8. The smallest absolute Gasteiger partial charge is 0.0541 e. The van der Waals surface area contributed by atoms with Crippen molar-refractivity contribution in [2.45, 2.75) is 0 Å². The summed E-state index contributed by atoms with van der Waals surface area (Å²) in [4.78, 5) is 2.35. The molecule has 10 aromatic carbocycles. The molecule has 0 radical (unpaired) electrons. The van der Waals surface area contributed by atoms with Crippen LogP contribution < -0.4 is 4.90 Å². The lowest BCUT2D eigenvalue weighted by molar-refractivity contribution is 1.18. The number of anilines is 3. The van der Waals surface area contributed by atoms with E-state index < -0.39 is 0 Å². The second kappa shape index (κ2) is 16.1. The highest BCUT2D eigenvalue weighted by Gasteiger charge is 2.15. The first-order valence-corrected chi connectivity index (χ1v) is 21.2. The van der Waals surface area contributed by atoms with Gasteiger partial charge in [-0.15, -0.1) is 0 Å². The highest BCUT2D eigenvalue weighted by atomic mass is 15.1. The molecule has 0 spiro atoms. The van der Waals surface area contributed by atoms with E-state index in [0.29, 0.717) is 0 Å². The van der Waals surface area contributed by atoms with Gasteiger partial charge in [-0.3, -0.25) is 0 Å². The van der Waals surface area contributed by atoms with E-state index in [1.165, 1.54) is 77.4 Å². The lowest BCUT2D eigenvalue weighted by Crippen LogP contribution is -2.09. The minimum atomic E-state index is 1.09. The SMILES string of the molecule is c1ccc(-c2ccc(-c3ccc(N(c4ccc(-c5ccc(-n6c7ccccc7c7ccccc76)cc5)cc4)c4ccc(-c5cccc(-c6ccccc6)c5)cc4)cc3)cc2)cc1. The molecule has 11 aromatic rings. The maximum absolute atomic E-state index is 2.37. The van der Waals surface area contributed by atoms with Crippen LogP contribution in [0.15, 0.2) is 255 Å². The fourth-order valence-corrected chi connectivity index (χ4v) is 8.85. The van der Waals surface area contributed by atoms with Crippen molar-refractivity contribution >= 4 is 38.9 Å². The molecule has 0 aliphatic rings. The molecule has 0 atom stereocenters. The Labute approximate surface area is 362 Å². The van der Waals surface area contributed by atoms with Crippen molar-refractivity contribution in [2.75, 3.05) is 4.90 Å². The number of rotatable bonds is 9. The number of aromatic nitrogens is 1. The molecule has 0 N–H and O–H groups in total. The molecule has 0 bridgehead atoms. The van der Waals surface area contributed by atoms with Crippen LogP contribution in [-0.4, -0.2) is 4.57 Å². The molecule has 11 rings (SSSR count). The Morgan fingerprint density at radius 3 is 0.935 bits per heavy atom. The number of hydrogen-bond donors (Lipinski definition) is 0. The van der Waals surface area contributed by atoms with Gasteiger partial charge in [0, 0.05) is 33.5 Å². The summed E-state index contributed by atoms with van der Waals surface area (Å²) in [6, 6.07) is 91.9. The van der Waals surface area contributed by atoms with Crippen LogP contribution in [0.5, 0.6) is 0 Å². The van der Waals surface area contributed by atoms with Crippen molar-refractivity contribution in [3.05, 3.63) is 255 Å². The zero-order valence-corrected chi connectivity index (χ0v) is 34.1. The van der Waals surface area contributed by atoms with E-state index >= 15 is 0 Å². The van der Waals surface area contributed by atoms with Crippen LogP contribution in [0.4, 0.5) is 17.1 Å². The van der Waals surface area contributed by atoms with Gasteiger partial charge in [0.1, 0.15) is 0 Å². The van der Waals surface area contributed by atoms with Crippen LogP contribution in [0.25, 0.3) is 83.1 Å². The molecule has 0 saturated heterocycles. The Balaban J connectivity index is 0.916. The molecule has 0 aliphatic carbocycles. The Bertz CT molecular complexity index is 3220. The highest BCUT2D eigenvalue weighted by Crippen LogP contribution is 2.39. The molecular formula is C60H42N2. The van der Waals surface area contributed by atoms with Crippen LogP contribution in [0.3, 0.4) is 0 Å². The van der Waals surface area contributed by atoms with Gasteiger partial charge in [-0.1, -0.05) is 188 Å². The second-order valence-corrected chi connectivity index (χ2v) is 15.8. The van der Waals surface area contributed by atoms with Gasteiger partial charge < -0.3 is 9.47 Å². The first-order valence-electron chi connectivity index (χ1n) is 21.2. The number of para-hydroxylation sites is 2. The van der Waals surface area contributed by atoms with Crippen LogP contribution in [0, 0.1) is 0 Å². The third-order valence-electron chi connectivity index (χ3n) is 12.0. The van der Waals surface area contributed by atoms with Crippen molar-refractivity contribution in [1.29, 1.82) is 0 Å². The normalized spacial score (nSPS) is 11.2. The Kier molecular flexibility index (Phi) is 9.57. The van der Waals surface area contributed by atoms with E-state index in [-0.39, 0.29) is 0 Å². The van der Waals surface area contributed by atoms with Gasteiger partial charge in [0.05, 0.1) is 11.0 Å². The summed E-state index contributed by atoms with van der Waals surface area (Å²) in [5.74, 6) is 0. The zero-order valence-electron chi connectivity index (χ0n) is 34.1. The van der Waals surface area contributed by atoms with Gasteiger partial charge in [-0.05, 0) is 122 Å². The Morgan fingerprint density at radius 1 is 0.226 bits per heavy atom. The molecule has 62 heavy (non-hydrogen) atoms. The summed E-state index contributed by atoms with van der Waals surface area (Å²) in [6.07, 6.45) is 0. The monoisotopic (exact) mass is 790 g/mol. The number of nitrogens with zero attached hydrogens (tertiary/aromatic N) is 2. The molecule has 0 amide bonds. The van der Waals surface area contributed by atoms with Gasteiger partial charge >= 0.3 is 0 Å². The van der Waals surface area contributed by atoms with Crippen molar-refractivity contribution in [2.24, 2.45) is 0 Å². The third-order valence-corrected chi connectivity index (χ3v) is 12.0. The highest BCUT2D eigenvalue weighted by molar-refractivity contribution is 6.09. The van der Waals surface area contributed by atoms with E-state index in [1.54, 1.807) is 0 Å². The van der Waals surface area contributed by atoms with E-state index in [9.17, 15) is 0 Å². The molecule has 0 fully saturated rings. The Hall–Kier alpha value is -8.20. The lowest BCUT2D eigenvalue weighted by Gasteiger charge is -2.26. The topological polar surface area (TPSA) is 8.17 Å². The molecule has 1 aromatic heterocycles. The predicted octanol–water partition coefficient (Wildman–Crippen LogP) is 16.6. The van der Waals surface area contributed by atoms with Gasteiger partial charge in [-0.2, -0.15) is 0 Å². The standard InChI is InChI=1S/C60H42N2/c1-3-12-43(13-4-1)45-22-24-46(25-23-45)47-26-34-53(35-27-47)61(55-38-32-50(33-39-55)52-17-11-16-51(42-52)44-14-5-2-6-15-44)54-36-28-48(29-37-54)49-30-40-56(41-31-49)62-59-20-9-7-18-57(59)58-19-8-10-21-60(58)62/h1-42H. The van der Waals surface area contributed by atoms with Crippen LogP contribution in [0.2, 0.25) is 0 Å². The molecule has 0 unspecified atom stereocenters. The van der Waals surface area contributed by atoms with Crippen molar-refractivity contribution in [1.82, 2.24) is 4.57 Å². The minimum absolute atomic E-state index is 1.09. The van der Waals surface area contributed by atoms with E-state index in [2.05, 4.69) is 264 Å². The summed E-state index contributed by atoms with van der Waals surface area (Å²) >= 11 is 0. The quantitative estimate of drug-likeness (QED) is 0.141. The maximum atomic E-state index is 2.37. The molecule has 292 valence electrons. The zero-order chi connectivity index (χ0) is 41.2. The summed E-state index contributed by atoms with van der Waals surface area (Å²) in [5, 5.41) is 2.54. The lowest BCUT2D eigenvalue weighted by atomic mass is 9.98. The Morgan fingerprint density at radius 2 is 0.516 bits per heavy atom. The third kappa shape index (κ3) is 7.04. The van der Waals surface area contributed by atoms with Crippen molar-refractivity contribution < 1.29 is 0 Å². The van der Waals surface area contributed by atoms with E-state index in [1.807, 2.05) is 0 Å². The fourth-order valence-electron chi connectivity index (χ4n) is 8.85. The predicted molar refractivity (Wildman–Crippen MR) is 263 cm³/mol. The summed E-state index contributed by atoms with van der Waals surface area (Å²) in [5.41, 5.74) is 18.8. The van der Waals surface area contributed by atoms with E-state index in [4.69, 9.17) is 0 Å². The molecule has 2 nitrogen and oxygen atoms in total. The summed E-state index contributed by atoms with van der Waals surface area (Å²) in [6.45, 7) is 0. The molecule has 2 heteroatoms. The average molecular weight is 791 g/mol. The van der Waals surface area contributed by atoms with Gasteiger partial charge in [0.25, 0.3) is 0 Å².